The van der Waals surface area contributed by atoms with Crippen LogP contribution in [-0.2, 0) is 24.2 Å². The molecule has 0 fully saturated rings. The summed E-state index contributed by atoms with van der Waals surface area (Å²) in [5.74, 6) is -1.73. The van der Waals surface area contributed by atoms with Gasteiger partial charge in [0.1, 0.15) is 0 Å². The standard InChI is InChI=1S/C12H14O5S/c1-3-10(13)11(12(14)17-2)18(15,16)9-7-5-4-6-8-9/h4-8,11H,3H2,1-2H3. The van der Waals surface area contributed by atoms with E-state index in [0.717, 1.165) is 7.11 Å². The third-order valence-electron chi connectivity index (χ3n) is 2.44. The van der Waals surface area contributed by atoms with Gasteiger partial charge < -0.3 is 4.74 Å². The van der Waals surface area contributed by atoms with Crippen molar-refractivity contribution in [3.8, 4) is 0 Å². The second-order valence-corrected chi connectivity index (χ2v) is 5.61. The summed E-state index contributed by atoms with van der Waals surface area (Å²) in [6, 6.07) is 7.38. The Labute approximate surface area is 106 Å². The smallest absolute Gasteiger partial charge is 0.332 e. The Bertz CT molecular complexity index is 517. The fourth-order valence-electron chi connectivity index (χ4n) is 1.47. The molecule has 0 aliphatic heterocycles. The monoisotopic (exact) mass is 270 g/mol. The maximum atomic E-state index is 12.2. The minimum Gasteiger partial charge on any atom is -0.468 e. The van der Waals surface area contributed by atoms with Crippen molar-refractivity contribution in [3.05, 3.63) is 30.3 Å². The lowest BCUT2D eigenvalue weighted by Crippen LogP contribution is -2.38. The number of hydrogen-bond acceptors (Lipinski definition) is 5. The Kier molecular flexibility index (Phi) is 4.61. The maximum absolute atomic E-state index is 12.2. The number of Topliss-reactive ketones (excluding diaryl/α,β-unsaturated/α-hetero) is 1. The van der Waals surface area contributed by atoms with Crippen molar-refractivity contribution in [1.82, 2.24) is 0 Å². The first-order valence-corrected chi connectivity index (χ1v) is 6.89. The van der Waals surface area contributed by atoms with Crippen molar-refractivity contribution in [2.75, 3.05) is 7.11 Å². The van der Waals surface area contributed by atoms with E-state index in [4.69, 9.17) is 0 Å². The first-order valence-electron chi connectivity index (χ1n) is 5.34. The molecule has 1 aromatic rings. The minimum absolute atomic E-state index is 0.0498. The molecule has 18 heavy (non-hydrogen) atoms. The summed E-state index contributed by atoms with van der Waals surface area (Å²) in [6.07, 6.45) is -0.0498. The molecule has 1 atom stereocenters. The van der Waals surface area contributed by atoms with Gasteiger partial charge in [0.15, 0.2) is 15.6 Å². The molecule has 0 aliphatic carbocycles. The Morgan fingerprint density at radius 2 is 1.78 bits per heavy atom. The molecule has 0 saturated carbocycles. The third-order valence-corrected chi connectivity index (χ3v) is 4.44. The third kappa shape index (κ3) is 2.76. The number of methoxy groups -OCH3 is 1. The van der Waals surface area contributed by atoms with Crippen molar-refractivity contribution in [2.45, 2.75) is 23.5 Å². The number of rotatable bonds is 5. The van der Waals surface area contributed by atoms with E-state index in [-0.39, 0.29) is 11.3 Å². The summed E-state index contributed by atoms with van der Waals surface area (Å²) in [6.45, 7) is 1.50. The Morgan fingerprint density at radius 3 is 2.22 bits per heavy atom. The predicted octanol–water partition coefficient (Wildman–Crippen LogP) is 0.981. The molecular formula is C12H14O5S. The molecule has 0 spiro atoms. The number of hydrogen-bond donors (Lipinski definition) is 0. The zero-order chi connectivity index (χ0) is 13.8. The number of carbonyl (C=O) groups is 2. The summed E-state index contributed by atoms with van der Waals surface area (Å²) in [5.41, 5.74) is 0. The van der Waals surface area contributed by atoms with Crippen LogP contribution in [0.3, 0.4) is 0 Å². The van der Waals surface area contributed by atoms with Gasteiger partial charge in [0, 0.05) is 6.42 Å². The largest absolute Gasteiger partial charge is 0.468 e. The van der Waals surface area contributed by atoms with Crippen LogP contribution in [0.4, 0.5) is 0 Å². The SMILES string of the molecule is CCC(=O)C(C(=O)OC)S(=O)(=O)c1ccccc1. The molecule has 0 N–H and O–H groups in total. The van der Waals surface area contributed by atoms with Crippen LogP contribution < -0.4 is 0 Å². The quantitative estimate of drug-likeness (QED) is 0.588. The van der Waals surface area contributed by atoms with E-state index >= 15 is 0 Å². The van der Waals surface area contributed by atoms with Crippen LogP contribution >= 0.6 is 0 Å². The number of benzene rings is 1. The van der Waals surface area contributed by atoms with Gasteiger partial charge >= 0.3 is 5.97 Å². The fourth-order valence-corrected chi connectivity index (χ4v) is 3.14. The van der Waals surface area contributed by atoms with Crippen LogP contribution in [0.1, 0.15) is 13.3 Å². The molecule has 0 radical (unpaired) electrons. The lowest BCUT2D eigenvalue weighted by Gasteiger charge is -2.13. The summed E-state index contributed by atoms with van der Waals surface area (Å²) in [4.78, 5) is 23.1. The summed E-state index contributed by atoms with van der Waals surface area (Å²) < 4.78 is 28.8. The van der Waals surface area contributed by atoms with Crippen molar-refractivity contribution in [1.29, 1.82) is 0 Å². The van der Waals surface area contributed by atoms with Crippen molar-refractivity contribution in [3.63, 3.8) is 0 Å². The normalized spacial score (nSPS) is 12.8. The molecule has 0 aliphatic rings. The average molecular weight is 270 g/mol. The number of sulfone groups is 1. The van der Waals surface area contributed by atoms with Gasteiger partial charge in [0.05, 0.1) is 12.0 Å². The Morgan fingerprint density at radius 1 is 1.22 bits per heavy atom. The van der Waals surface area contributed by atoms with E-state index in [0.29, 0.717) is 0 Å². The number of ketones is 1. The Balaban J connectivity index is 3.29. The van der Waals surface area contributed by atoms with Gasteiger partial charge in [-0.05, 0) is 12.1 Å². The highest BCUT2D eigenvalue weighted by atomic mass is 32.2. The molecule has 1 unspecified atom stereocenters. The van der Waals surface area contributed by atoms with Crippen LogP contribution in [0.25, 0.3) is 0 Å². The summed E-state index contributed by atoms with van der Waals surface area (Å²) in [5, 5.41) is -1.78. The molecule has 0 heterocycles. The first kappa shape index (κ1) is 14.4. The maximum Gasteiger partial charge on any atom is 0.332 e. The fraction of sp³-hybridized carbons (Fsp3) is 0.333. The molecule has 98 valence electrons. The van der Waals surface area contributed by atoms with E-state index in [9.17, 15) is 18.0 Å². The van der Waals surface area contributed by atoms with E-state index in [2.05, 4.69) is 4.74 Å². The van der Waals surface area contributed by atoms with Gasteiger partial charge in [-0.2, -0.15) is 0 Å². The molecule has 0 amide bonds. The van der Waals surface area contributed by atoms with Crippen LogP contribution in [0.2, 0.25) is 0 Å². The van der Waals surface area contributed by atoms with Crippen molar-refractivity contribution in [2.24, 2.45) is 0 Å². The molecule has 1 aromatic carbocycles. The minimum atomic E-state index is -4.05. The lowest BCUT2D eigenvalue weighted by molar-refractivity contribution is -0.142. The molecule has 1 rings (SSSR count). The first-order chi connectivity index (χ1) is 8.45. The van der Waals surface area contributed by atoms with Crippen molar-refractivity contribution < 1.29 is 22.7 Å². The molecule has 0 aromatic heterocycles. The zero-order valence-corrected chi connectivity index (χ0v) is 10.9. The summed E-state index contributed by atoms with van der Waals surface area (Å²) in [7, 11) is -2.99. The average Bonchev–Trinajstić information content (AvgIpc) is 2.39. The molecule has 0 saturated heterocycles. The highest BCUT2D eigenvalue weighted by Gasteiger charge is 2.39. The van der Waals surface area contributed by atoms with Crippen molar-refractivity contribution >= 4 is 21.6 Å². The van der Waals surface area contributed by atoms with Crippen LogP contribution in [0.15, 0.2) is 35.2 Å². The van der Waals surface area contributed by atoms with Crippen LogP contribution in [0.5, 0.6) is 0 Å². The molecule has 6 heteroatoms. The van der Waals surface area contributed by atoms with Gasteiger partial charge in [-0.15, -0.1) is 0 Å². The van der Waals surface area contributed by atoms with E-state index < -0.39 is 26.8 Å². The highest BCUT2D eigenvalue weighted by Crippen LogP contribution is 2.18. The number of esters is 1. The topological polar surface area (TPSA) is 77.5 Å². The zero-order valence-electron chi connectivity index (χ0n) is 10.1. The van der Waals surface area contributed by atoms with Crippen LogP contribution in [0, 0.1) is 0 Å². The van der Waals surface area contributed by atoms with Gasteiger partial charge in [0.2, 0.25) is 5.25 Å². The highest BCUT2D eigenvalue weighted by molar-refractivity contribution is 7.93. The molecular weight excluding hydrogens is 256 g/mol. The van der Waals surface area contributed by atoms with Crippen LogP contribution in [-0.4, -0.2) is 32.5 Å². The summed E-state index contributed by atoms with van der Waals surface area (Å²) >= 11 is 0. The molecule has 0 bridgehead atoms. The van der Waals surface area contributed by atoms with Gasteiger partial charge in [0.25, 0.3) is 0 Å². The van der Waals surface area contributed by atoms with E-state index in [1.807, 2.05) is 0 Å². The second-order valence-electron chi connectivity index (χ2n) is 3.58. The predicted molar refractivity (Wildman–Crippen MR) is 64.7 cm³/mol. The molecule has 5 nitrogen and oxygen atoms in total. The Hall–Kier alpha value is -1.69. The second kappa shape index (κ2) is 5.77. The number of carbonyl (C=O) groups excluding carboxylic acids is 2. The lowest BCUT2D eigenvalue weighted by atomic mass is 10.2. The van der Waals surface area contributed by atoms with E-state index in [1.165, 1.54) is 31.2 Å². The van der Waals surface area contributed by atoms with Gasteiger partial charge in [-0.25, -0.2) is 8.42 Å². The number of ether oxygens (including phenoxy) is 1. The van der Waals surface area contributed by atoms with Gasteiger partial charge in [-0.1, -0.05) is 25.1 Å². The van der Waals surface area contributed by atoms with Gasteiger partial charge in [-0.3, -0.25) is 9.59 Å². The van der Waals surface area contributed by atoms with E-state index in [1.54, 1.807) is 6.07 Å².